The van der Waals surface area contributed by atoms with Crippen molar-refractivity contribution in [1.82, 2.24) is 14.4 Å². The van der Waals surface area contributed by atoms with Gasteiger partial charge in [0.05, 0.1) is 5.60 Å². The number of aliphatic hydroxyl groups is 2. The number of nitrogens with two attached hydrogens (primary N) is 1. The zero-order chi connectivity index (χ0) is 21.8. The van der Waals surface area contributed by atoms with E-state index in [2.05, 4.69) is 4.98 Å². The molecule has 2 heterocycles. The molecule has 0 saturated heterocycles. The Morgan fingerprint density at radius 2 is 1.71 bits per heavy atom. The molecule has 0 radical (unpaired) electrons. The minimum absolute atomic E-state index is 0.177. The molecular weight excluding hydrogens is 388 g/mol. The fourth-order valence-corrected chi connectivity index (χ4v) is 4.64. The Hall–Kier alpha value is -3.22. The van der Waals surface area contributed by atoms with Crippen LogP contribution in [0.4, 0.5) is 5.82 Å². The molecule has 1 aliphatic rings. The van der Waals surface area contributed by atoms with Crippen molar-refractivity contribution in [1.29, 1.82) is 0 Å². The zero-order valence-electron chi connectivity index (χ0n) is 17.7. The minimum Gasteiger partial charge on any atom is -0.390 e. The highest BCUT2D eigenvalue weighted by molar-refractivity contribution is 5.85. The van der Waals surface area contributed by atoms with Crippen LogP contribution in [0.1, 0.15) is 49.6 Å². The van der Waals surface area contributed by atoms with E-state index >= 15 is 0 Å². The third kappa shape index (κ3) is 3.28. The van der Waals surface area contributed by atoms with Crippen molar-refractivity contribution in [3.8, 4) is 11.3 Å². The minimum atomic E-state index is -1.10. The van der Waals surface area contributed by atoms with Gasteiger partial charge in [0.2, 0.25) is 0 Å². The zero-order valence-corrected chi connectivity index (χ0v) is 17.7. The molecule has 0 amide bonds. The average Bonchev–Trinajstić information content (AvgIpc) is 3.13. The van der Waals surface area contributed by atoms with Crippen LogP contribution in [0, 0.1) is 0 Å². The number of anilines is 1. The number of benzene rings is 2. The second-order valence-electron chi connectivity index (χ2n) is 8.97. The van der Waals surface area contributed by atoms with Crippen molar-refractivity contribution in [2.75, 3.05) is 5.73 Å². The summed E-state index contributed by atoms with van der Waals surface area (Å²) in [6.07, 6.45) is 4.90. The fourth-order valence-electron chi connectivity index (χ4n) is 4.64. The maximum absolute atomic E-state index is 11.1. The van der Waals surface area contributed by atoms with E-state index < -0.39 is 11.2 Å². The van der Waals surface area contributed by atoms with Gasteiger partial charge in [-0.05, 0) is 37.8 Å². The average molecular weight is 415 g/mol. The van der Waals surface area contributed by atoms with E-state index in [1.54, 1.807) is 13.1 Å². The predicted molar refractivity (Wildman–Crippen MR) is 121 cm³/mol. The summed E-state index contributed by atoms with van der Waals surface area (Å²) in [7, 11) is 0. The molecule has 2 aromatic carbocycles. The fraction of sp³-hybridized carbons (Fsp3) is 0.280. The number of hydrogen-bond acceptors (Lipinski definition) is 5. The largest absolute Gasteiger partial charge is 0.390 e. The van der Waals surface area contributed by atoms with Crippen molar-refractivity contribution in [2.24, 2.45) is 0 Å². The molecule has 1 atom stereocenters. The van der Waals surface area contributed by atoms with Gasteiger partial charge in [0.1, 0.15) is 28.5 Å². The molecule has 158 valence electrons. The second kappa shape index (κ2) is 6.90. The molecule has 4 aromatic rings. The molecule has 1 fully saturated rings. The number of nitrogen functional groups attached to an aromatic ring is 1. The number of nitrogens with zero attached hydrogens (tertiary/aromatic N) is 3. The van der Waals surface area contributed by atoms with Gasteiger partial charge in [-0.2, -0.15) is 0 Å². The van der Waals surface area contributed by atoms with Crippen LogP contribution in [0.25, 0.3) is 16.8 Å². The summed E-state index contributed by atoms with van der Waals surface area (Å²) in [5.74, 6) is 1.49. The molecule has 1 saturated carbocycles. The lowest BCUT2D eigenvalue weighted by atomic mass is 9.72. The number of imidazole rings is 1. The van der Waals surface area contributed by atoms with Crippen molar-refractivity contribution in [2.45, 2.75) is 43.8 Å². The van der Waals surface area contributed by atoms with Crippen molar-refractivity contribution in [3.63, 3.8) is 0 Å². The maximum atomic E-state index is 11.1. The van der Waals surface area contributed by atoms with Gasteiger partial charge in [0, 0.05) is 23.9 Å². The Morgan fingerprint density at radius 3 is 2.35 bits per heavy atom. The highest BCUT2D eigenvalue weighted by Gasteiger charge is 2.41. The molecule has 6 heteroatoms. The van der Waals surface area contributed by atoms with E-state index in [1.807, 2.05) is 72.1 Å². The van der Waals surface area contributed by atoms with Crippen LogP contribution in [0.15, 0.2) is 67.0 Å². The smallest absolute Gasteiger partial charge is 0.150 e. The van der Waals surface area contributed by atoms with E-state index in [0.717, 1.165) is 33.7 Å². The summed E-state index contributed by atoms with van der Waals surface area (Å²) >= 11 is 0. The summed E-state index contributed by atoms with van der Waals surface area (Å²) in [5.41, 5.74) is 8.57. The van der Waals surface area contributed by atoms with Gasteiger partial charge in [0.15, 0.2) is 0 Å². The van der Waals surface area contributed by atoms with Crippen LogP contribution in [-0.2, 0) is 5.60 Å². The van der Waals surface area contributed by atoms with E-state index in [1.165, 1.54) is 0 Å². The van der Waals surface area contributed by atoms with Gasteiger partial charge < -0.3 is 15.9 Å². The molecular formula is C25H26N4O2. The number of aromatic nitrogens is 3. The SMILES string of the molecule is CC(O)(c1ccccc1)c1ccc(-c2nc([C@H]3C[C@@](C)(O)C3)n3ccnc(N)c23)cc1. The van der Waals surface area contributed by atoms with Crippen LogP contribution in [-0.4, -0.2) is 30.2 Å². The summed E-state index contributed by atoms with van der Waals surface area (Å²) < 4.78 is 1.99. The third-order valence-electron chi connectivity index (χ3n) is 6.40. The van der Waals surface area contributed by atoms with Gasteiger partial charge in [0.25, 0.3) is 0 Å². The molecule has 1 unspecified atom stereocenters. The van der Waals surface area contributed by atoms with Gasteiger partial charge in [-0.25, -0.2) is 9.97 Å². The first-order valence-corrected chi connectivity index (χ1v) is 10.5. The molecule has 1 aliphatic carbocycles. The van der Waals surface area contributed by atoms with Gasteiger partial charge in [-0.3, -0.25) is 4.40 Å². The summed E-state index contributed by atoms with van der Waals surface area (Å²) in [4.78, 5) is 9.19. The van der Waals surface area contributed by atoms with E-state index in [0.29, 0.717) is 18.7 Å². The van der Waals surface area contributed by atoms with Crippen molar-refractivity contribution in [3.05, 3.63) is 83.9 Å². The Kier molecular flexibility index (Phi) is 4.39. The summed E-state index contributed by atoms with van der Waals surface area (Å²) in [5, 5.41) is 21.3. The van der Waals surface area contributed by atoms with Crippen LogP contribution in [0.5, 0.6) is 0 Å². The highest BCUT2D eigenvalue weighted by atomic mass is 16.3. The molecule has 0 aliphatic heterocycles. The maximum Gasteiger partial charge on any atom is 0.150 e. The Labute approximate surface area is 181 Å². The Bertz CT molecular complexity index is 1240. The van der Waals surface area contributed by atoms with E-state index in [9.17, 15) is 10.2 Å². The first-order valence-electron chi connectivity index (χ1n) is 10.5. The quantitative estimate of drug-likeness (QED) is 0.471. The molecule has 4 N–H and O–H groups in total. The summed E-state index contributed by atoms with van der Waals surface area (Å²) in [6.45, 7) is 3.65. The molecule has 5 rings (SSSR count). The van der Waals surface area contributed by atoms with Crippen molar-refractivity contribution < 1.29 is 10.2 Å². The lowest BCUT2D eigenvalue weighted by molar-refractivity contribution is -0.0335. The first-order chi connectivity index (χ1) is 14.8. The van der Waals surface area contributed by atoms with Crippen LogP contribution in [0.2, 0.25) is 0 Å². The molecule has 0 bridgehead atoms. The van der Waals surface area contributed by atoms with Gasteiger partial charge in [-0.1, -0.05) is 54.6 Å². The molecule has 31 heavy (non-hydrogen) atoms. The summed E-state index contributed by atoms with van der Waals surface area (Å²) in [6, 6.07) is 17.4. The van der Waals surface area contributed by atoms with Crippen LogP contribution < -0.4 is 5.73 Å². The topological polar surface area (TPSA) is 96.7 Å². The third-order valence-corrected chi connectivity index (χ3v) is 6.40. The number of rotatable bonds is 4. The molecule has 2 aromatic heterocycles. The van der Waals surface area contributed by atoms with Gasteiger partial charge in [-0.15, -0.1) is 0 Å². The lowest BCUT2D eigenvalue weighted by Gasteiger charge is -2.40. The normalized spacial score (nSPS) is 22.8. The number of fused-ring (bicyclic) bond motifs is 1. The predicted octanol–water partition coefficient (Wildman–Crippen LogP) is 3.86. The highest BCUT2D eigenvalue weighted by Crippen LogP contribution is 2.45. The van der Waals surface area contributed by atoms with Crippen molar-refractivity contribution >= 4 is 11.3 Å². The standard InChI is InChI=1S/C25H26N4O2/c1-24(30)14-17(15-24)23-28-20(21-22(26)27-12-13-29(21)23)16-8-10-19(11-9-16)25(2,31)18-6-4-3-5-7-18/h3-13,17,30-31H,14-15H2,1-2H3,(H2,26,27)/t17-,24+,25?. The van der Waals surface area contributed by atoms with Crippen LogP contribution >= 0.6 is 0 Å². The Balaban J connectivity index is 1.56. The first kappa shape index (κ1) is 19.7. The van der Waals surface area contributed by atoms with E-state index in [4.69, 9.17) is 10.7 Å². The lowest BCUT2D eigenvalue weighted by Crippen LogP contribution is -2.40. The molecule has 6 nitrogen and oxygen atoms in total. The molecule has 0 spiro atoms. The number of hydrogen-bond donors (Lipinski definition) is 3. The van der Waals surface area contributed by atoms with E-state index in [-0.39, 0.29) is 5.92 Å². The monoisotopic (exact) mass is 414 g/mol. The second-order valence-corrected chi connectivity index (χ2v) is 8.97. The van der Waals surface area contributed by atoms with Gasteiger partial charge >= 0.3 is 0 Å². The Morgan fingerprint density at radius 1 is 1.06 bits per heavy atom. The van der Waals surface area contributed by atoms with Crippen LogP contribution in [0.3, 0.4) is 0 Å².